The van der Waals surface area contributed by atoms with Crippen molar-refractivity contribution in [1.82, 2.24) is 0 Å². The van der Waals surface area contributed by atoms with Gasteiger partial charge in [-0.3, -0.25) is 0 Å². The molecule has 0 radical (unpaired) electrons. The van der Waals surface area contributed by atoms with Crippen molar-refractivity contribution in [2.24, 2.45) is 0 Å². The van der Waals surface area contributed by atoms with Crippen LogP contribution in [0.1, 0.15) is 155 Å². The van der Waals surface area contributed by atoms with E-state index in [1.54, 1.807) is 0 Å². The molecule has 3 aliphatic carbocycles. The molecular weight excluding hydrogens is 920 g/mol. The molecular formula is C72H73BN2O. The molecule has 0 unspecified atom stereocenters. The molecule has 3 nitrogen and oxygen atoms in total. The molecule has 0 bridgehead atoms. The van der Waals surface area contributed by atoms with Crippen LogP contribution in [0.15, 0.2) is 156 Å². The fraction of sp³-hybridized carbons (Fsp3) is 0.333. The number of rotatable bonds is 4. The number of fused-ring (bicyclic) bond motifs is 10. The highest BCUT2D eigenvalue weighted by Crippen LogP contribution is 2.55. The fourth-order valence-corrected chi connectivity index (χ4v) is 15.0. The molecule has 0 atom stereocenters. The molecule has 0 spiro atoms. The minimum atomic E-state index is -0.0842. The average molecular weight is 993 g/mol. The summed E-state index contributed by atoms with van der Waals surface area (Å²) in [5, 5.41) is 2.38. The van der Waals surface area contributed by atoms with Crippen LogP contribution >= 0.6 is 0 Å². The van der Waals surface area contributed by atoms with Gasteiger partial charge in [0.05, 0.1) is 5.69 Å². The lowest BCUT2D eigenvalue weighted by atomic mass is 9.33. The Morgan fingerprint density at radius 2 is 0.803 bits per heavy atom. The van der Waals surface area contributed by atoms with E-state index in [2.05, 4.69) is 245 Å². The molecule has 2 aliphatic heterocycles. The summed E-state index contributed by atoms with van der Waals surface area (Å²) in [6, 6.07) is 59.1. The van der Waals surface area contributed by atoms with Crippen LogP contribution in [0.5, 0.6) is 0 Å². The lowest BCUT2D eigenvalue weighted by Crippen LogP contribution is -2.62. The molecule has 3 heterocycles. The summed E-state index contributed by atoms with van der Waals surface area (Å²) in [6.07, 6.45) is 6.96. The van der Waals surface area contributed by atoms with Gasteiger partial charge in [0.1, 0.15) is 11.2 Å². The Hall–Kier alpha value is -6.78. The zero-order chi connectivity index (χ0) is 52.6. The van der Waals surface area contributed by atoms with Crippen molar-refractivity contribution in [3.05, 3.63) is 185 Å². The van der Waals surface area contributed by atoms with Crippen molar-refractivity contribution in [2.75, 3.05) is 9.80 Å². The monoisotopic (exact) mass is 993 g/mol. The number of hydrogen-bond acceptors (Lipinski definition) is 3. The molecule has 5 aliphatic rings. The second-order valence-electron chi connectivity index (χ2n) is 27.7. The second-order valence-corrected chi connectivity index (χ2v) is 27.7. The molecule has 0 fully saturated rings. The number of nitrogens with zero attached hydrogens (tertiary/aromatic N) is 2. The molecule has 1 aromatic heterocycles. The summed E-state index contributed by atoms with van der Waals surface area (Å²) in [6.45, 7) is 29.4. The zero-order valence-electron chi connectivity index (χ0n) is 47.1. The van der Waals surface area contributed by atoms with Crippen LogP contribution in [0.4, 0.5) is 34.1 Å². The van der Waals surface area contributed by atoms with Gasteiger partial charge in [-0.15, -0.1) is 0 Å². The van der Waals surface area contributed by atoms with Crippen LogP contribution in [-0.4, -0.2) is 6.71 Å². The SMILES string of the molecule is CC1(C)CCC(C)(C)c2cc(N3c4cc5c(cc4B4c6cc7oc8cc9c(cc8c7cc6N(c6ccccc6-c6ccccc6)c6cc(-c7ccccc7)cc3c64)C(C)(C)CCC9(C)C)C(C)(C)CCC5(C)C)ccc21. The van der Waals surface area contributed by atoms with Crippen molar-refractivity contribution < 1.29 is 4.42 Å². The highest BCUT2D eigenvalue weighted by atomic mass is 16.3. The van der Waals surface area contributed by atoms with Gasteiger partial charge < -0.3 is 14.2 Å². The lowest BCUT2D eigenvalue weighted by molar-refractivity contribution is 0.332. The van der Waals surface area contributed by atoms with Gasteiger partial charge in [0.2, 0.25) is 0 Å². The summed E-state index contributed by atoms with van der Waals surface area (Å²) in [7, 11) is 0. The van der Waals surface area contributed by atoms with E-state index in [-0.39, 0.29) is 39.2 Å². The number of hydrogen-bond donors (Lipinski definition) is 0. The molecule has 380 valence electrons. The van der Waals surface area contributed by atoms with Crippen molar-refractivity contribution in [3.63, 3.8) is 0 Å². The maximum Gasteiger partial charge on any atom is 0.252 e. The van der Waals surface area contributed by atoms with Crippen molar-refractivity contribution >= 4 is 79.2 Å². The van der Waals surface area contributed by atoms with Crippen LogP contribution in [0.2, 0.25) is 0 Å². The highest BCUT2D eigenvalue weighted by Gasteiger charge is 2.48. The lowest BCUT2D eigenvalue weighted by Gasteiger charge is -2.48. The zero-order valence-corrected chi connectivity index (χ0v) is 47.1. The highest BCUT2D eigenvalue weighted by molar-refractivity contribution is 7.00. The Labute approximate surface area is 452 Å². The second kappa shape index (κ2) is 15.9. The average Bonchev–Trinajstić information content (AvgIpc) is 3.54. The van der Waals surface area contributed by atoms with E-state index in [1.807, 2.05) is 0 Å². The van der Waals surface area contributed by atoms with Gasteiger partial charge in [-0.25, -0.2) is 0 Å². The Balaban J connectivity index is 1.14. The van der Waals surface area contributed by atoms with Crippen LogP contribution in [0.3, 0.4) is 0 Å². The fourth-order valence-electron chi connectivity index (χ4n) is 15.0. The maximum atomic E-state index is 7.28. The number of furan rings is 1. The summed E-state index contributed by atoms with van der Waals surface area (Å²) < 4.78 is 7.28. The number of anilines is 6. The van der Waals surface area contributed by atoms with Gasteiger partial charge in [0, 0.05) is 44.8 Å². The minimum Gasteiger partial charge on any atom is -0.456 e. The first-order chi connectivity index (χ1) is 36.1. The third kappa shape index (κ3) is 6.93. The van der Waals surface area contributed by atoms with Gasteiger partial charge in [-0.1, -0.05) is 174 Å². The van der Waals surface area contributed by atoms with Gasteiger partial charge in [-0.2, -0.15) is 0 Å². The van der Waals surface area contributed by atoms with E-state index in [9.17, 15) is 0 Å². The third-order valence-corrected chi connectivity index (χ3v) is 20.0. The Morgan fingerprint density at radius 1 is 0.342 bits per heavy atom. The van der Waals surface area contributed by atoms with E-state index in [4.69, 9.17) is 4.42 Å². The first-order valence-corrected chi connectivity index (χ1v) is 28.5. The molecule has 9 aromatic rings. The van der Waals surface area contributed by atoms with Gasteiger partial charge in [-0.05, 0) is 198 Å². The summed E-state index contributed by atoms with van der Waals surface area (Å²) in [5.41, 5.74) is 27.2. The molecule has 8 aromatic carbocycles. The largest absolute Gasteiger partial charge is 0.456 e. The third-order valence-electron chi connectivity index (χ3n) is 20.0. The smallest absolute Gasteiger partial charge is 0.252 e. The van der Waals surface area contributed by atoms with E-state index in [1.165, 1.54) is 118 Å². The molecule has 4 heteroatoms. The van der Waals surface area contributed by atoms with Crippen LogP contribution in [0, 0.1) is 0 Å². The number of benzene rings is 8. The number of para-hydroxylation sites is 1. The van der Waals surface area contributed by atoms with E-state index >= 15 is 0 Å². The predicted octanol–water partition coefficient (Wildman–Crippen LogP) is 18.0. The van der Waals surface area contributed by atoms with Crippen molar-refractivity contribution in [3.8, 4) is 22.3 Å². The standard InChI is InChI=1S/C72H73BN2O/c1-67(2)29-30-68(3,4)52-37-47(27-28-51(52)67)74-61-41-55-54(70(7,8)32-33-71(55,9)10)40-57(61)73-58-43-65-50(49-38-53-56(42-64(49)76-65)72(11,12)34-31-69(53,5)6)39-60(58)75(59-26-20-19-25-48(59)45-23-17-14-18-24-45)63-36-46(35-62(74)66(63)73)44-21-15-13-16-22-44/h13-28,35-43H,29-34H2,1-12H3. The van der Waals surface area contributed by atoms with Gasteiger partial charge in [0.25, 0.3) is 6.71 Å². The molecule has 0 N–H and O–H groups in total. The molecule has 14 rings (SSSR count). The van der Waals surface area contributed by atoms with Crippen LogP contribution < -0.4 is 26.2 Å². The Kier molecular flexibility index (Phi) is 9.97. The molecule has 0 amide bonds. The summed E-state index contributed by atoms with van der Waals surface area (Å²) >= 11 is 0. The minimum absolute atomic E-state index is 0.00786. The van der Waals surface area contributed by atoms with Gasteiger partial charge >= 0.3 is 0 Å². The quantitative estimate of drug-likeness (QED) is 0.164. The maximum absolute atomic E-state index is 7.28. The van der Waals surface area contributed by atoms with E-state index < -0.39 is 0 Å². The molecule has 0 saturated carbocycles. The normalized spacial score (nSPS) is 19.6. The molecule has 0 saturated heterocycles. The Bertz CT molecular complexity index is 3900. The van der Waals surface area contributed by atoms with E-state index in [0.717, 1.165) is 49.0 Å². The van der Waals surface area contributed by atoms with Crippen LogP contribution in [0.25, 0.3) is 44.2 Å². The first kappa shape index (κ1) is 47.7. The van der Waals surface area contributed by atoms with E-state index in [0.29, 0.717) is 0 Å². The molecule has 76 heavy (non-hydrogen) atoms. The van der Waals surface area contributed by atoms with Crippen molar-refractivity contribution in [1.29, 1.82) is 0 Å². The van der Waals surface area contributed by atoms with Crippen molar-refractivity contribution in [2.45, 2.75) is 154 Å². The topological polar surface area (TPSA) is 19.6 Å². The van der Waals surface area contributed by atoms with Gasteiger partial charge in [0.15, 0.2) is 0 Å². The predicted molar refractivity (Wildman–Crippen MR) is 324 cm³/mol. The Morgan fingerprint density at radius 3 is 1.43 bits per heavy atom. The van der Waals surface area contributed by atoms with Crippen LogP contribution in [-0.2, 0) is 32.5 Å². The summed E-state index contributed by atoms with van der Waals surface area (Å²) in [5.74, 6) is 0. The summed E-state index contributed by atoms with van der Waals surface area (Å²) in [4.78, 5) is 5.35. The first-order valence-electron chi connectivity index (χ1n) is 28.5.